The predicted octanol–water partition coefficient (Wildman–Crippen LogP) is 3.06. The third-order valence-corrected chi connectivity index (χ3v) is 5.41. The number of halogens is 1. The third kappa shape index (κ3) is 2.10. The van der Waals surface area contributed by atoms with Crippen LogP contribution in [-0.4, -0.2) is 19.0 Å². The van der Waals surface area contributed by atoms with E-state index in [1.807, 2.05) is 35.2 Å². The molecule has 2 aromatic rings. The lowest BCUT2D eigenvalue weighted by Gasteiger charge is -2.25. The second kappa shape index (κ2) is 5.51. The van der Waals surface area contributed by atoms with Crippen molar-refractivity contribution in [2.75, 3.05) is 23.3 Å². The molecule has 0 saturated carbocycles. The van der Waals surface area contributed by atoms with Gasteiger partial charge in [-0.05, 0) is 29.8 Å². The molecule has 0 unspecified atom stereocenters. The molecule has 2 aliphatic rings. The second-order valence-electron chi connectivity index (χ2n) is 6.31. The summed E-state index contributed by atoms with van der Waals surface area (Å²) in [4.78, 5) is 14.8. The lowest BCUT2D eigenvalue weighted by molar-refractivity contribution is -0.120. The largest absolute Gasteiger partial charge is 0.369 e. The van der Waals surface area contributed by atoms with Gasteiger partial charge < -0.3 is 10.2 Å². The van der Waals surface area contributed by atoms with Gasteiger partial charge in [-0.1, -0.05) is 29.8 Å². The Bertz CT molecular complexity index is 974. The Morgan fingerprint density at radius 2 is 2.04 bits per heavy atom. The van der Waals surface area contributed by atoms with E-state index in [0.29, 0.717) is 23.7 Å². The molecule has 1 saturated heterocycles. The first kappa shape index (κ1) is 15.5. The van der Waals surface area contributed by atoms with Gasteiger partial charge in [-0.15, -0.1) is 0 Å². The van der Waals surface area contributed by atoms with Crippen molar-refractivity contribution in [1.82, 2.24) is 0 Å². The summed E-state index contributed by atoms with van der Waals surface area (Å²) in [6.07, 6.45) is 0. The van der Waals surface area contributed by atoms with E-state index in [1.165, 1.54) is 0 Å². The number of carbonyl (C=O) groups is 1. The number of amides is 1. The summed E-state index contributed by atoms with van der Waals surface area (Å²) in [7, 11) is 0. The molecule has 0 radical (unpaired) electrons. The summed E-state index contributed by atoms with van der Waals surface area (Å²) < 4.78 is 0. The highest BCUT2D eigenvalue weighted by molar-refractivity contribution is 6.32. The number of para-hydroxylation sites is 1. The summed E-state index contributed by atoms with van der Waals surface area (Å²) in [5.74, 6) is -0.604. The summed E-state index contributed by atoms with van der Waals surface area (Å²) in [6, 6.07) is 17.0. The fraction of sp³-hybridized carbons (Fsp3) is 0.211. The number of nitrogens with zero attached hydrogens (tertiary/aromatic N) is 3. The summed E-state index contributed by atoms with van der Waals surface area (Å²) in [6.45, 7) is 0.830. The second-order valence-corrected chi connectivity index (χ2v) is 6.72. The van der Waals surface area contributed by atoms with E-state index in [9.17, 15) is 10.1 Å². The Labute approximate surface area is 150 Å². The first-order chi connectivity index (χ1) is 12.1. The summed E-state index contributed by atoms with van der Waals surface area (Å²) in [5, 5.41) is 22.0. The van der Waals surface area contributed by atoms with Crippen molar-refractivity contribution in [3.8, 4) is 12.1 Å². The number of rotatable bonds is 1. The maximum atomic E-state index is 12.8. The standard InChI is InChI=1S/C19H13ClN4O/c20-16-7-14(6-5-12(16)8-21)24-10-13(9-22)19(11-24)15-3-1-2-4-17(15)23-18(19)25/h1-7,13H,10-11H2,(H,23,25)/t13-,19+/m1/s1. The van der Waals surface area contributed by atoms with Crippen LogP contribution in [0, 0.1) is 28.6 Å². The van der Waals surface area contributed by atoms with Crippen LogP contribution in [0.25, 0.3) is 0 Å². The fourth-order valence-electron chi connectivity index (χ4n) is 3.83. The zero-order valence-corrected chi connectivity index (χ0v) is 13.9. The Morgan fingerprint density at radius 1 is 1.24 bits per heavy atom. The average molecular weight is 349 g/mol. The van der Waals surface area contributed by atoms with Gasteiger partial charge in [0, 0.05) is 24.5 Å². The molecule has 1 N–H and O–H groups in total. The monoisotopic (exact) mass is 348 g/mol. The zero-order chi connectivity index (χ0) is 17.6. The van der Waals surface area contributed by atoms with Crippen molar-refractivity contribution in [3.63, 3.8) is 0 Å². The van der Waals surface area contributed by atoms with Crippen molar-refractivity contribution in [3.05, 3.63) is 58.6 Å². The fourth-order valence-corrected chi connectivity index (χ4v) is 4.05. The van der Waals surface area contributed by atoms with Crippen LogP contribution in [0.3, 0.4) is 0 Å². The maximum Gasteiger partial charge on any atom is 0.238 e. The minimum absolute atomic E-state index is 0.137. The van der Waals surface area contributed by atoms with Gasteiger partial charge in [0.25, 0.3) is 0 Å². The SMILES string of the molecule is N#Cc1ccc(N2C[C@@H](C#N)[C@]3(C2)C(=O)Nc2ccccc23)cc1Cl. The van der Waals surface area contributed by atoms with E-state index in [4.69, 9.17) is 16.9 Å². The van der Waals surface area contributed by atoms with Gasteiger partial charge in [0.2, 0.25) is 5.91 Å². The van der Waals surface area contributed by atoms with Crippen molar-refractivity contribution < 1.29 is 4.79 Å². The first-order valence-electron chi connectivity index (χ1n) is 7.85. The molecule has 2 heterocycles. The maximum absolute atomic E-state index is 12.8. The number of hydrogen-bond acceptors (Lipinski definition) is 4. The van der Waals surface area contributed by atoms with Crippen LogP contribution in [0.5, 0.6) is 0 Å². The topological polar surface area (TPSA) is 79.9 Å². The van der Waals surface area contributed by atoms with Gasteiger partial charge in [-0.2, -0.15) is 10.5 Å². The molecule has 1 fully saturated rings. The lowest BCUT2D eigenvalue weighted by atomic mass is 9.74. The van der Waals surface area contributed by atoms with Crippen LogP contribution in [0.4, 0.5) is 11.4 Å². The Kier molecular flexibility index (Phi) is 3.42. The molecular formula is C19H13ClN4O. The van der Waals surface area contributed by atoms with E-state index in [-0.39, 0.29) is 5.91 Å². The van der Waals surface area contributed by atoms with E-state index >= 15 is 0 Å². The smallest absolute Gasteiger partial charge is 0.238 e. The van der Waals surface area contributed by atoms with E-state index in [2.05, 4.69) is 11.4 Å². The lowest BCUT2D eigenvalue weighted by Crippen LogP contribution is -2.41. The molecule has 25 heavy (non-hydrogen) atoms. The minimum Gasteiger partial charge on any atom is -0.369 e. The zero-order valence-electron chi connectivity index (χ0n) is 13.2. The van der Waals surface area contributed by atoms with Gasteiger partial charge in [-0.3, -0.25) is 4.79 Å². The van der Waals surface area contributed by atoms with Crippen LogP contribution in [0.1, 0.15) is 11.1 Å². The molecule has 0 bridgehead atoms. The number of nitriles is 2. The van der Waals surface area contributed by atoms with Crippen molar-refractivity contribution >= 4 is 28.9 Å². The number of fused-ring (bicyclic) bond motifs is 2. The Morgan fingerprint density at radius 3 is 2.76 bits per heavy atom. The molecule has 122 valence electrons. The molecule has 2 aliphatic heterocycles. The number of anilines is 2. The molecule has 4 rings (SSSR count). The van der Waals surface area contributed by atoms with Crippen molar-refractivity contribution in [1.29, 1.82) is 10.5 Å². The van der Waals surface area contributed by atoms with Crippen molar-refractivity contribution in [2.45, 2.75) is 5.41 Å². The number of nitrogens with one attached hydrogen (secondary N) is 1. The molecule has 1 spiro atoms. The number of carbonyl (C=O) groups excluding carboxylic acids is 1. The average Bonchev–Trinajstić information content (AvgIpc) is 3.15. The van der Waals surface area contributed by atoms with Gasteiger partial charge in [0.05, 0.1) is 22.6 Å². The van der Waals surface area contributed by atoms with Gasteiger partial charge in [0.1, 0.15) is 11.5 Å². The van der Waals surface area contributed by atoms with Crippen LogP contribution in [-0.2, 0) is 10.2 Å². The van der Waals surface area contributed by atoms with Crippen LogP contribution >= 0.6 is 11.6 Å². The third-order valence-electron chi connectivity index (χ3n) is 5.09. The molecule has 2 atom stereocenters. The van der Waals surface area contributed by atoms with E-state index < -0.39 is 11.3 Å². The number of hydrogen-bond donors (Lipinski definition) is 1. The first-order valence-corrected chi connectivity index (χ1v) is 8.23. The van der Waals surface area contributed by atoms with Gasteiger partial charge in [0.15, 0.2) is 0 Å². The van der Waals surface area contributed by atoms with E-state index in [0.717, 1.165) is 16.9 Å². The summed E-state index contributed by atoms with van der Waals surface area (Å²) >= 11 is 6.15. The van der Waals surface area contributed by atoms with Crippen LogP contribution in [0.15, 0.2) is 42.5 Å². The van der Waals surface area contributed by atoms with Crippen LogP contribution in [0.2, 0.25) is 5.02 Å². The Hall–Kier alpha value is -3.02. The quantitative estimate of drug-likeness (QED) is 0.858. The predicted molar refractivity (Wildman–Crippen MR) is 94.2 cm³/mol. The van der Waals surface area contributed by atoms with E-state index in [1.54, 1.807) is 18.2 Å². The molecule has 5 nitrogen and oxygen atoms in total. The van der Waals surface area contributed by atoms with Gasteiger partial charge >= 0.3 is 0 Å². The Balaban J connectivity index is 1.78. The number of benzene rings is 2. The highest BCUT2D eigenvalue weighted by atomic mass is 35.5. The molecule has 6 heteroatoms. The molecular weight excluding hydrogens is 336 g/mol. The van der Waals surface area contributed by atoms with Gasteiger partial charge in [-0.25, -0.2) is 0 Å². The normalized spacial score (nSPS) is 23.9. The highest BCUT2D eigenvalue weighted by Crippen LogP contribution is 2.48. The molecule has 2 aromatic carbocycles. The highest BCUT2D eigenvalue weighted by Gasteiger charge is 2.57. The van der Waals surface area contributed by atoms with Crippen molar-refractivity contribution in [2.24, 2.45) is 5.92 Å². The summed E-state index contributed by atoms with van der Waals surface area (Å²) in [5.41, 5.74) is 1.96. The minimum atomic E-state index is -0.883. The van der Waals surface area contributed by atoms with Crippen LogP contribution < -0.4 is 10.2 Å². The molecule has 1 amide bonds. The molecule has 0 aromatic heterocycles. The molecule has 0 aliphatic carbocycles.